The van der Waals surface area contributed by atoms with Crippen LogP contribution in [-0.4, -0.2) is 38.3 Å². The van der Waals surface area contributed by atoms with Gasteiger partial charge in [0.25, 0.3) is 5.91 Å². The van der Waals surface area contributed by atoms with Crippen molar-refractivity contribution in [3.63, 3.8) is 0 Å². The molecule has 2 heterocycles. The molecule has 2 N–H and O–H groups in total. The lowest BCUT2D eigenvalue weighted by Crippen LogP contribution is -2.30. The van der Waals surface area contributed by atoms with Gasteiger partial charge < -0.3 is 19.6 Å². The topological polar surface area (TPSA) is 118 Å². The second kappa shape index (κ2) is 7.01. The summed E-state index contributed by atoms with van der Waals surface area (Å²) < 4.78 is 50.1. The van der Waals surface area contributed by atoms with Crippen molar-refractivity contribution in [3.8, 4) is 5.75 Å². The first-order chi connectivity index (χ1) is 13.8. The van der Waals surface area contributed by atoms with Crippen LogP contribution < -0.4 is 14.4 Å². The molecule has 2 aromatic carbocycles. The number of hydrogen-bond donors (Lipinski definition) is 2. The number of nitrogens with one attached hydrogen (secondary N) is 1. The number of benzene rings is 2. The van der Waals surface area contributed by atoms with Gasteiger partial charge in [-0.05, 0) is 30.3 Å². The number of ether oxygens (including phenoxy) is 2. The lowest BCUT2D eigenvalue weighted by Gasteiger charge is -2.24. The van der Waals surface area contributed by atoms with Gasteiger partial charge in [0.2, 0.25) is 10.0 Å². The standard InChI is InChI=1S/C18H16FN3O6S/c1-29(25,26)21-13-2-3-14-15(6-13)22(18(23)16(14)20-24)7-10-4-12(19)5-11-8-27-9-28-17(10)11/h2-6,21,24H,7-9H2,1H3/b20-16-. The number of hydrogen-bond acceptors (Lipinski definition) is 7. The van der Waals surface area contributed by atoms with E-state index >= 15 is 0 Å². The number of fused-ring (bicyclic) bond motifs is 2. The molecule has 4 rings (SSSR count). The van der Waals surface area contributed by atoms with E-state index in [1.165, 1.54) is 35.2 Å². The van der Waals surface area contributed by atoms with Crippen molar-refractivity contribution < 1.29 is 32.3 Å². The lowest BCUT2D eigenvalue weighted by atomic mass is 10.1. The Bertz CT molecular complexity index is 1150. The normalized spacial score (nSPS) is 17.1. The fourth-order valence-electron chi connectivity index (χ4n) is 3.38. The number of sulfonamides is 1. The average Bonchev–Trinajstić information content (AvgIpc) is 2.91. The van der Waals surface area contributed by atoms with Gasteiger partial charge in [-0.2, -0.15) is 0 Å². The molecule has 2 aliphatic rings. The van der Waals surface area contributed by atoms with E-state index in [0.29, 0.717) is 28.1 Å². The molecule has 0 atom stereocenters. The maximum absolute atomic E-state index is 14.1. The predicted octanol–water partition coefficient (Wildman–Crippen LogP) is 1.79. The molecule has 0 unspecified atom stereocenters. The van der Waals surface area contributed by atoms with Crippen LogP contribution in [0, 0.1) is 5.82 Å². The van der Waals surface area contributed by atoms with E-state index < -0.39 is 21.7 Å². The molecule has 2 aliphatic heterocycles. The molecule has 11 heteroatoms. The Morgan fingerprint density at radius 1 is 1.31 bits per heavy atom. The van der Waals surface area contributed by atoms with Gasteiger partial charge in [0, 0.05) is 16.7 Å². The molecule has 0 fully saturated rings. The van der Waals surface area contributed by atoms with Crippen molar-refractivity contribution >= 4 is 33.0 Å². The largest absolute Gasteiger partial charge is 0.467 e. The maximum Gasteiger partial charge on any atom is 0.281 e. The molecule has 0 radical (unpaired) electrons. The van der Waals surface area contributed by atoms with Gasteiger partial charge in [-0.1, -0.05) is 5.16 Å². The highest BCUT2D eigenvalue weighted by Crippen LogP contribution is 2.36. The first-order valence-corrected chi connectivity index (χ1v) is 10.3. The molecule has 0 saturated heterocycles. The van der Waals surface area contributed by atoms with E-state index in [1.807, 2.05) is 0 Å². The zero-order valence-electron chi connectivity index (χ0n) is 15.2. The van der Waals surface area contributed by atoms with Crippen molar-refractivity contribution in [3.05, 3.63) is 52.8 Å². The van der Waals surface area contributed by atoms with Gasteiger partial charge in [-0.3, -0.25) is 9.52 Å². The van der Waals surface area contributed by atoms with E-state index in [2.05, 4.69) is 9.88 Å². The van der Waals surface area contributed by atoms with Gasteiger partial charge >= 0.3 is 0 Å². The van der Waals surface area contributed by atoms with Gasteiger partial charge in [0.05, 0.1) is 30.8 Å². The van der Waals surface area contributed by atoms with E-state index in [9.17, 15) is 22.8 Å². The average molecular weight is 421 g/mol. The molecule has 0 saturated carbocycles. The Hall–Kier alpha value is -3.18. The summed E-state index contributed by atoms with van der Waals surface area (Å²) in [4.78, 5) is 14.1. The Balaban J connectivity index is 1.77. The molecule has 0 spiro atoms. The van der Waals surface area contributed by atoms with Crippen molar-refractivity contribution in [1.29, 1.82) is 0 Å². The van der Waals surface area contributed by atoms with Crippen molar-refractivity contribution in [2.45, 2.75) is 13.2 Å². The zero-order valence-corrected chi connectivity index (χ0v) is 16.0. The number of carbonyl (C=O) groups excluding carboxylic acids is 1. The first kappa shape index (κ1) is 19.2. The minimum atomic E-state index is -3.54. The number of anilines is 2. The fourth-order valence-corrected chi connectivity index (χ4v) is 3.94. The summed E-state index contributed by atoms with van der Waals surface area (Å²) in [5.74, 6) is -0.695. The second-order valence-electron chi connectivity index (χ2n) is 6.61. The summed E-state index contributed by atoms with van der Waals surface area (Å²) in [6, 6.07) is 6.92. The Labute approximate surface area is 165 Å². The smallest absolute Gasteiger partial charge is 0.281 e. The van der Waals surface area contributed by atoms with Crippen molar-refractivity contribution in [2.24, 2.45) is 5.16 Å². The summed E-state index contributed by atoms with van der Waals surface area (Å²) in [6.07, 6.45) is 1.00. The number of halogens is 1. The number of amides is 1. The fraction of sp³-hybridized carbons (Fsp3) is 0.222. The van der Waals surface area contributed by atoms with Crippen LogP contribution in [0.5, 0.6) is 5.75 Å². The SMILES string of the molecule is CS(=O)(=O)Nc1ccc2c(c1)N(Cc1cc(F)cc3c1OCOC3)C(=O)/C2=N\O. The molecule has 2 aromatic rings. The number of nitrogens with zero attached hydrogens (tertiary/aromatic N) is 2. The van der Waals surface area contributed by atoms with Crippen LogP contribution in [0.1, 0.15) is 16.7 Å². The Morgan fingerprint density at radius 2 is 2.10 bits per heavy atom. The minimum Gasteiger partial charge on any atom is -0.467 e. The highest BCUT2D eigenvalue weighted by molar-refractivity contribution is 7.92. The molecule has 29 heavy (non-hydrogen) atoms. The van der Waals surface area contributed by atoms with Gasteiger partial charge in [0.15, 0.2) is 12.5 Å². The summed E-state index contributed by atoms with van der Waals surface area (Å²) >= 11 is 0. The third kappa shape index (κ3) is 3.61. The van der Waals surface area contributed by atoms with Crippen LogP contribution in [0.25, 0.3) is 0 Å². The van der Waals surface area contributed by atoms with Crippen molar-refractivity contribution in [2.75, 3.05) is 22.7 Å². The third-order valence-electron chi connectivity index (χ3n) is 4.47. The monoisotopic (exact) mass is 421 g/mol. The van der Waals surface area contributed by atoms with Crippen molar-refractivity contribution in [1.82, 2.24) is 0 Å². The number of carbonyl (C=O) groups is 1. The molecule has 0 aliphatic carbocycles. The van der Waals surface area contributed by atoms with E-state index in [4.69, 9.17) is 9.47 Å². The third-order valence-corrected chi connectivity index (χ3v) is 5.08. The molecule has 1 amide bonds. The van der Waals surface area contributed by atoms with Crippen LogP contribution in [0.15, 0.2) is 35.5 Å². The molecular weight excluding hydrogens is 405 g/mol. The summed E-state index contributed by atoms with van der Waals surface area (Å²) in [5.41, 5.74) is 1.60. The van der Waals surface area contributed by atoms with Gasteiger partial charge in [0.1, 0.15) is 11.6 Å². The predicted molar refractivity (Wildman–Crippen MR) is 101 cm³/mol. The van der Waals surface area contributed by atoms with Gasteiger partial charge in [-0.15, -0.1) is 0 Å². The van der Waals surface area contributed by atoms with Crippen LogP contribution in [0.4, 0.5) is 15.8 Å². The van der Waals surface area contributed by atoms with Crippen LogP contribution in [0.2, 0.25) is 0 Å². The molecular formula is C18H16FN3O6S. The lowest BCUT2D eigenvalue weighted by molar-refractivity contribution is -0.112. The molecule has 152 valence electrons. The van der Waals surface area contributed by atoms with E-state index in [1.54, 1.807) is 0 Å². The number of rotatable bonds is 4. The summed E-state index contributed by atoms with van der Waals surface area (Å²) in [7, 11) is -3.54. The zero-order chi connectivity index (χ0) is 20.8. The molecule has 0 bridgehead atoms. The number of oxime groups is 1. The van der Waals surface area contributed by atoms with Crippen LogP contribution >= 0.6 is 0 Å². The van der Waals surface area contributed by atoms with Crippen LogP contribution in [0.3, 0.4) is 0 Å². The highest BCUT2D eigenvalue weighted by atomic mass is 32.2. The maximum atomic E-state index is 14.1. The highest BCUT2D eigenvalue weighted by Gasteiger charge is 2.36. The molecule has 0 aromatic heterocycles. The Morgan fingerprint density at radius 3 is 2.83 bits per heavy atom. The van der Waals surface area contributed by atoms with Gasteiger partial charge in [-0.25, -0.2) is 12.8 Å². The van der Waals surface area contributed by atoms with E-state index in [-0.39, 0.29) is 31.3 Å². The second-order valence-corrected chi connectivity index (χ2v) is 8.36. The van der Waals surface area contributed by atoms with E-state index in [0.717, 1.165) is 6.26 Å². The Kier molecular flexibility index (Phi) is 4.63. The summed E-state index contributed by atoms with van der Waals surface area (Å²) in [6.45, 7) is 0.103. The quantitative estimate of drug-likeness (QED) is 0.574. The summed E-state index contributed by atoms with van der Waals surface area (Å²) in [5, 5.41) is 12.4. The first-order valence-electron chi connectivity index (χ1n) is 8.45. The molecule has 9 nitrogen and oxygen atoms in total. The minimum absolute atomic E-state index is 0.00193. The van der Waals surface area contributed by atoms with Crippen LogP contribution in [-0.2, 0) is 32.7 Å².